The van der Waals surface area contributed by atoms with E-state index in [9.17, 15) is 9.59 Å². The van der Waals surface area contributed by atoms with Crippen molar-refractivity contribution in [3.8, 4) is 0 Å². The van der Waals surface area contributed by atoms with Gasteiger partial charge in [-0.25, -0.2) is 4.79 Å². The number of anilines is 1. The summed E-state index contributed by atoms with van der Waals surface area (Å²) in [5.41, 5.74) is 7.97. The van der Waals surface area contributed by atoms with Gasteiger partial charge >= 0.3 is 6.03 Å². The van der Waals surface area contributed by atoms with E-state index in [1.54, 1.807) is 18.2 Å². The monoisotopic (exact) mass is 361 g/mol. The van der Waals surface area contributed by atoms with Gasteiger partial charge in [0.15, 0.2) is 0 Å². The number of carbonyl (C=O) groups is 2. The standard InChI is InChI=1S/C19H31N5O2/c1-11-14(17(25)22-19(4,5)6)8-7-9-16(11)21-18(26)20-10-15-12(2)23-24-13(15)3/h7-9,12-13,15,23-24H,10H2,1-6H3,(H,22,25)(H2,20,21,26). The number of carbonyl (C=O) groups excluding carboxylic acids is 2. The Hall–Kier alpha value is -2.12. The fourth-order valence-corrected chi connectivity index (χ4v) is 3.07. The minimum absolute atomic E-state index is 0.148. The molecule has 0 bridgehead atoms. The molecule has 2 atom stereocenters. The maximum absolute atomic E-state index is 12.4. The molecule has 0 spiro atoms. The van der Waals surface area contributed by atoms with Crippen LogP contribution in [0.1, 0.15) is 50.5 Å². The molecule has 0 radical (unpaired) electrons. The van der Waals surface area contributed by atoms with Crippen LogP contribution in [0.15, 0.2) is 18.2 Å². The normalized spacial score (nSPS) is 22.8. The van der Waals surface area contributed by atoms with Crippen LogP contribution in [0.25, 0.3) is 0 Å². The van der Waals surface area contributed by atoms with Crippen molar-refractivity contribution >= 4 is 17.6 Å². The SMILES string of the molecule is Cc1c(NC(=O)NCC2C(C)NNC2C)cccc1C(=O)NC(C)(C)C. The predicted molar refractivity (Wildman–Crippen MR) is 104 cm³/mol. The topological polar surface area (TPSA) is 94.3 Å². The van der Waals surface area contributed by atoms with E-state index in [-0.39, 0.29) is 29.6 Å². The zero-order valence-corrected chi connectivity index (χ0v) is 16.5. The third-order valence-electron chi connectivity index (χ3n) is 4.64. The van der Waals surface area contributed by atoms with Crippen molar-refractivity contribution < 1.29 is 9.59 Å². The Bertz CT molecular complexity index is 658. The van der Waals surface area contributed by atoms with Crippen molar-refractivity contribution in [2.24, 2.45) is 5.92 Å². The van der Waals surface area contributed by atoms with Gasteiger partial charge < -0.3 is 16.0 Å². The molecule has 0 saturated carbocycles. The minimum Gasteiger partial charge on any atom is -0.347 e. The zero-order valence-electron chi connectivity index (χ0n) is 16.5. The molecular weight excluding hydrogens is 330 g/mol. The smallest absolute Gasteiger partial charge is 0.319 e. The van der Waals surface area contributed by atoms with E-state index in [1.807, 2.05) is 27.7 Å². The zero-order chi connectivity index (χ0) is 19.5. The van der Waals surface area contributed by atoms with Crippen LogP contribution in [-0.2, 0) is 0 Å². The fourth-order valence-electron chi connectivity index (χ4n) is 3.07. The fraction of sp³-hybridized carbons (Fsp3) is 0.579. The molecule has 5 N–H and O–H groups in total. The van der Waals surface area contributed by atoms with Gasteiger partial charge in [-0.1, -0.05) is 6.07 Å². The highest BCUT2D eigenvalue weighted by Gasteiger charge is 2.29. The van der Waals surface area contributed by atoms with E-state index in [0.717, 1.165) is 5.56 Å². The molecule has 144 valence electrons. The summed E-state index contributed by atoms with van der Waals surface area (Å²) in [6, 6.07) is 5.64. The quantitative estimate of drug-likeness (QED) is 0.568. The lowest BCUT2D eigenvalue weighted by Crippen LogP contribution is -2.41. The molecule has 1 aliphatic heterocycles. The van der Waals surface area contributed by atoms with Crippen LogP contribution in [0.4, 0.5) is 10.5 Å². The molecule has 0 aliphatic carbocycles. The first-order valence-electron chi connectivity index (χ1n) is 9.06. The second-order valence-corrected chi connectivity index (χ2v) is 8.05. The molecule has 26 heavy (non-hydrogen) atoms. The van der Waals surface area contributed by atoms with Gasteiger partial charge in [0, 0.05) is 41.3 Å². The van der Waals surface area contributed by atoms with Crippen LogP contribution in [0, 0.1) is 12.8 Å². The number of hydrogen-bond acceptors (Lipinski definition) is 4. The number of hydrogen-bond donors (Lipinski definition) is 5. The van der Waals surface area contributed by atoms with Crippen LogP contribution in [0.5, 0.6) is 0 Å². The van der Waals surface area contributed by atoms with Crippen LogP contribution in [-0.4, -0.2) is 36.1 Å². The largest absolute Gasteiger partial charge is 0.347 e. The van der Waals surface area contributed by atoms with E-state index in [1.165, 1.54) is 0 Å². The Morgan fingerprint density at radius 3 is 2.31 bits per heavy atom. The lowest BCUT2D eigenvalue weighted by molar-refractivity contribution is 0.0919. The number of rotatable bonds is 4. The summed E-state index contributed by atoms with van der Waals surface area (Å²) in [6.07, 6.45) is 0. The number of hydrazine groups is 1. The van der Waals surface area contributed by atoms with E-state index in [0.29, 0.717) is 23.7 Å². The molecule has 1 aliphatic rings. The Morgan fingerprint density at radius 1 is 1.12 bits per heavy atom. The molecule has 1 aromatic rings. The van der Waals surface area contributed by atoms with Gasteiger partial charge in [0.1, 0.15) is 0 Å². The van der Waals surface area contributed by atoms with Gasteiger partial charge in [-0.3, -0.25) is 15.6 Å². The molecular formula is C19H31N5O2. The Labute approximate surface area is 155 Å². The van der Waals surface area contributed by atoms with Gasteiger partial charge in [0.25, 0.3) is 5.91 Å². The Kier molecular flexibility index (Phi) is 6.26. The van der Waals surface area contributed by atoms with E-state index >= 15 is 0 Å². The first kappa shape index (κ1) is 20.2. The van der Waals surface area contributed by atoms with Gasteiger partial charge in [-0.2, -0.15) is 0 Å². The lowest BCUT2D eigenvalue weighted by atomic mass is 9.97. The van der Waals surface area contributed by atoms with Crippen molar-refractivity contribution in [3.63, 3.8) is 0 Å². The second kappa shape index (κ2) is 8.05. The summed E-state index contributed by atoms with van der Waals surface area (Å²) in [4.78, 5) is 24.7. The summed E-state index contributed by atoms with van der Waals surface area (Å²) in [6.45, 7) is 12.4. The molecule has 0 aromatic heterocycles. The summed E-state index contributed by atoms with van der Waals surface area (Å²) >= 11 is 0. The van der Waals surface area contributed by atoms with Gasteiger partial charge in [0.2, 0.25) is 0 Å². The van der Waals surface area contributed by atoms with Crippen LogP contribution >= 0.6 is 0 Å². The summed E-state index contributed by atoms with van der Waals surface area (Å²) < 4.78 is 0. The van der Waals surface area contributed by atoms with Gasteiger partial charge in [-0.05, 0) is 59.2 Å². The summed E-state index contributed by atoms with van der Waals surface area (Å²) in [5.74, 6) is 0.163. The van der Waals surface area contributed by atoms with Crippen LogP contribution in [0.2, 0.25) is 0 Å². The summed E-state index contributed by atoms with van der Waals surface area (Å²) in [7, 11) is 0. The van der Waals surface area contributed by atoms with Gasteiger partial charge in [-0.15, -0.1) is 0 Å². The Morgan fingerprint density at radius 2 is 1.73 bits per heavy atom. The molecule has 2 rings (SSSR count). The third kappa shape index (κ3) is 5.19. The molecule has 2 unspecified atom stereocenters. The average molecular weight is 361 g/mol. The maximum atomic E-state index is 12.4. The molecule has 7 heteroatoms. The van der Waals surface area contributed by atoms with Crippen molar-refractivity contribution in [3.05, 3.63) is 29.3 Å². The van der Waals surface area contributed by atoms with E-state index < -0.39 is 0 Å². The van der Waals surface area contributed by atoms with Crippen LogP contribution in [0.3, 0.4) is 0 Å². The molecule has 7 nitrogen and oxygen atoms in total. The van der Waals surface area contributed by atoms with E-state index in [4.69, 9.17) is 0 Å². The lowest BCUT2D eigenvalue weighted by Gasteiger charge is -2.22. The highest BCUT2D eigenvalue weighted by molar-refractivity contribution is 5.99. The highest BCUT2D eigenvalue weighted by atomic mass is 16.2. The van der Waals surface area contributed by atoms with E-state index in [2.05, 4.69) is 40.6 Å². The minimum atomic E-state index is -0.318. The second-order valence-electron chi connectivity index (χ2n) is 8.05. The first-order valence-corrected chi connectivity index (χ1v) is 9.06. The van der Waals surface area contributed by atoms with Crippen LogP contribution < -0.4 is 26.8 Å². The van der Waals surface area contributed by atoms with Crippen molar-refractivity contribution in [1.29, 1.82) is 0 Å². The number of nitrogens with one attached hydrogen (secondary N) is 5. The van der Waals surface area contributed by atoms with Crippen molar-refractivity contribution in [2.45, 2.75) is 59.2 Å². The van der Waals surface area contributed by atoms with Crippen molar-refractivity contribution in [2.75, 3.05) is 11.9 Å². The first-order chi connectivity index (χ1) is 12.1. The molecule has 1 fully saturated rings. The third-order valence-corrected chi connectivity index (χ3v) is 4.64. The number of urea groups is 1. The number of amides is 3. The Balaban J connectivity index is 1.99. The van der Waals surface area contributed by atoms with Crippen molar-refractivity contribution in [1.82, 2.24) is 21.5 Å². The molecule has 1 heterocycles. The molecule has 3 amide bonds. The maximum Gasteiger partial charge on any atom is 0.319 e. The molecule has 1 saturated heterocycles. The number of benzene rings is 1. The predicted octanol–water partition coefficient (Wildman–Crippen LogP) is 2.15. The summed E-state index contributed by atoms with van der Waals surface area (Å²) in [5, 5.41) is 8.72. The highest BCUT2D eigenvalue weighted by Crippen LogP contribution is 2.20. The molecule has 1 aromatic carbocycles. The average Bonchev–Trinajstić information content (AvgIpc) is 2.84. The van der Waals surface area contributed by atoms with Gasteiger partial charge in [0.05, 0.1) is 0 Å².